The van der Waals surface area contributed by atoms with Crippen molar-refractivity contribution in [3.63, 3.8) is 0 Å². The molecule has 0 fully saturated rings. The summed E-state index contributed by atoms with van der Waals surface area (Å²) < 4.78 is 29.8. The molecule has 0 aliphatic heterocycles. The molecule has 3 nitrogen and oxygen atoms in total. The summed E-state index contributed by atoms with van der Waals surface area (Å²) in [4.78, 5) is 14.8. The molecule has 1 aromatic heterocycles. The van der Waals surface area contributed by atoms with E-state index in [1.54, 1.807) is 0 Å². The first kappa shape index (κ1) is 13.1. The van der Waals surface area contributed by atoms with Crippen molar-refractivity contribution in [2.24, 2.45) is 0 Å². The Kier molecular flexibility index (Phi) is 4.44. The highest BCUT2D eigenvalue weighted by molar-refractivity contribution is 6.33. The van der Waals surface area contributed by atoms with Crippen molar-refractivity contribution in [1.82, 2.24) is 4.98 Å². The van der Waals surface area contributed by atoms with Gasteiger partial charge in [-0.2, -0.15) is 0 Å². The largest absolute Gasteiger partial charge is 0.464 e. The van der Waals surface area contributed by atoms with Crippen LogP contribution in [0.2, 0.25) is 5.02 Å². The molecule has 0 atom stereocenters. The topological polar surface area (TPSA) is 39.2 Å². The third-order valence-corrected chi connectivity index (χ3v) is 2.60. The summed E-state index contributed by atoms with van der Waals surface area (Å²) in [5.41, 5.74) is -0.894. The van der Waals surface area contributed by atoms with E-state index in [9.17, 15) is 13.6 Å². The van der Waals surface area contributed by atoms with Gasteiger partial charge in [0.25, 0.3) is 6.43 Å². The number of carbonyl (C=O) groups excluding carboxylic acids is 1. The minimum Gasteiger partial charge on any atom is -0.464 e. The average Bonchev–Trinajstić information content (AvgIpc) is 2.26. The van der Waals surface area contributed by atoms with Crippen molar-refractivity contribution >= 4 is 29.2 Å². The van der Waals surface area contributed by atoms with E-state index < -0.39 is 23.7 Å². The van der Waals surface area contributed by atoms with Crippen molar-refractivity contribution in [3.8, 4) is 0 Å². The molecular weight excluding hydrogens is 263 g/mol. The molecule has 0 bridgehead atoms. The minimum absolute atomic E-state index is 0.0625. The van der Waals surface area contributed by atoms with E-state index in [2.05, 4.69) is 9.72 Å². The van der Waals surface area contributed by atoms with Crippen LogP contribution in [0.4, 0.5) is 8.78 Å². The molecule has 0 radical (unpaired) electrons. The average molecular weight is 270 g/mol. The fraction of sp³-hybridized carbons (Fsp3) is 0.333. The molecule has 88 valence electrons. The van der Waals surface area contributed by atoms with Gasteiger partial charge in [-0.25, -0.2) is 18.6 Å². The number of aromatic nitrogens is 1. The second-order valence-electron chi connectivity index (χ2n) is 2.79. The molecule has 0 spiro atoms. The summed E-state index contributed by atoms with van der Waals surface area (Å²) in [5, 5.41) is -0.250. The molecule has 0 N–H and O–H groups in total. The zero-order chi connectivity index (χ0) is 12.3. The van der Waals surface area contributed by atoms with Crippen LogP contribution in [0, 0.1) is 0 Å². The zero-order valence-electron chi connectivity index (χ0n) is 8.14. The molecule has 0 amide bonds. The number of methoxy groups -OCH3 is 1. The van der Waals surface area contributed by atoms with Gasteiger partial charge < -0.3 is 4.74 Å². The molecule has 0 aliphatic carbocycles. The van der Waals surface area contributed by atoms with Crippen LogP contribution in [0.1, 0.15) is 28.0 Å². The first-order valence-electron chi connectivity index (χ1n) is 4.12. The van der Waals surface area contributed by atoms with E-state index in [1.807, 2.05) is 0 Å². The molecule has 0 saturated heterocycles. The maximum absolute atomic E-state index is 12.7. The molecule has 0 unspecified atom stereocenters. The maximum Gasteiger partial charge on any atom is 0.357 e. The molecule has 1 heterocycles. The van der Waals surface area contributed by atoms with E-state index in [1.165, 1.54) is 6.20 Å². The van der Waals surface area contributed by atoms with Crippen molar-refractivity contribution in [1.29, 1.82) is 0 Å². The van der Waals surface area contributed by atoms with Gasteiger partial charge in [0.15, 0.2) is 5.69 Å². The summed E-state index contributed by atoms with van der Waals surface area (Å²) in [6.45, 7) is 0. The lowest BCUT2D eigenvalue weighted by Gasteiger charge is -2.10. The lowest BCUT2D eigenvalue weighted by Crippen LogP contribution is -2.10. The highest BCUT2D eigenvalue weighted by atomic mass is 35.5. The van der Waals surface area contributed by atoms with Gasteiger partial charge in [-0.15, -0.1) is 11.6 Å². The molecule has 0 saturated carbocycles. The van der Waals surface area contributed by atoms with E-state index in [0.717, 1.165) is 7.11 Å². The third-order valence-electron chi connectivity index (χ3n) is 1.86. The number of hydrogen-bond donors (Lipinski definition) is 0. The van der Waals surface area contributed by atoms with Gasteiger partial charge in [0, 0.05) is 11.8 Å². The zero-order valence-corrected chi connectivity index (χ0v) is 9.65. The Labute approximate surface area is 100 Å². The summed E-state index contributed by atoms with van der Waals surface area (Å²) in [7, 11) is 1.07. The number of ether oxygens (including phenoxy) is 1. The summed E-state index contributed by atoms with van der Waals surface area (Å²) >= 11 is 11.2. The van der Waals surface area contributed by atoms with Gasteiger partial charge in [-0.3, -0.25) is 0 Å². The highest BCUT2D eigenvalue weighted by Gasteiger charge is 2.25. The third kappa shape index (κ3) is 2.41. The van der Waals surface area contributed by atoms with Crippen LogP contribution in [0.5, 0.6) is 0 Å². The first-order chi connectivity index (χ1) is 7.52. The molecule has 1 aromatic rings. The van der Waals surface area contributed by atoms with Gasteiger partial charge in [-0.05, 0) is 0 Å². The first-order valence-corrected chi connectivity index (χ1v) is 5.03. The number of hydrogen-bond acceptors (Lipinski definition) is 3. The van der Waals surface area contributed by atoms with Crippen molar-refractivity contribution in [3.05, 3.63) is 28.0 Å². The summed E-state index contributed by atoms with van der Waals surface area (Å²) in [6, 6.07) is 0. The van der Waals surface area contributed by atoms with E-state index >= 15 is 0 Å². The van der Waals surface area contributed by atoms with Gasteiger partial charge >= 0.3 is 5.97 Å². The van der Waals surface area contributed by atoms with Gasteiger partial charge in [-0.1, -0.05) is 11.6 Å². The Hall–Kier alpha value is -0.940. The van der Waals surface area contributed by atoms with E-state index in [4.69, 9.17) is 23.2 Å². The van der Waals surface area contributed by atoms with Gasteiger partial charge in [0.2, 0.25) is 0 Å². The molecule has 1 rings (SSSR count). The Bertz CT molecular complexity index is 413. The normalized spacial score (nSPS) is 10.6. The molecule has 0 aliphatic rings. The Morgan fingerprint density at radius 2 is 2.25 bits per heavy atom. The number of halogens is 4. The van der Waals surface area contributed by atoms with Crippen LogP contribution in [0.15, 0.2) is 6.20 Å². The Balaban J connectivity index is 3.40. The minimum atomic E-state index is -2.92. The predicted octanol–water partition coefficient (Wildman–Crippen LogP) is 3.20. The number of carbonyl (C=O) groups is 1. The van der Waals surface area contributed by atoms with Crippen molar-refractivity contribution in [2.45, 2.75) is 12.3 Å². The van der Waals surface area contributed by atoms with Crippen molar-refractivity contribution in [2.75, 3.05) is 7.11 Å². The number of nitrogens with zero attached hydrogens (tertiary/aromatic N) is 1. The standard InChI is InChI=1S/C9H7Cl2F2NO2/c1-16-9(15)7-5(8(12)13)6(11)4(2-10)3-14-7/h3,8H,2H2,1H3. The van der Waals surface area contributed by atoms with Crippen molar-refractivity contribution < 1.29 is 18.3 Å². The van der Waals surface area contributed by atoms with E-state index in [0.29, 0.717) is 0 Å². The van der Waals surface area contributed by atoms with Crippen LogP contribution in [0.3, 0.4) is 0 Å². The Morgan fingerprint density at radius 3 is 2.69 bits per heavy atom. The van der Waals surface area contributed by atoms with Crippen LogP contribution in [0.25, 0.3) is 0 Å². The number of pyridine rings is 1. The molecule has 16 heavy (non-hydrogen) atoms. The SMILES string of the molecule is COC(=O)c1ncc(CCl)c(Cl)c1C(F)F. The smallest absolute Gasteiger partial charge is 0.357 e. The number of rotatable bonds is 3. The molecule has 0 aromatic carbocycles. The summed E-state index contributed by atoms with van der Waals surface area (Å²) in [6.07, 6.45) is -1.75. The second-order valence-corrected chi connectivity index (χ2v) is 3.43. The fourth-order valence-corrected chi connectivity index (χ4v) is 1.66. The highest BCUT2D eigenvalue weighted by Crippen LogP contribution is 2.32. The van der Waals surface area contributed by atoms with Crippen LogP contribution >= 0.6 is 23.2 Å². The lowest BCUT2D eigenvalue weighted by atomic mass is 10.1. The van der Waals surface area contributed by atoms with Gasteiger partial charge in [0.1, 0.15) is 0 Å². The Morgan fingerprint density at radius 1 is 1.62 bits per heavy atom. The molecule has 7 heteroatoms. The second kappa shape index (κ2) is 5.41. The monoisotopic (exact) mass is 269 g/mol. The maximum atomic E-state index is 12.7. The quantitative estimate of drug-likeness (QED) is 0.625. The molecular formula is C9H7Cl2F2NO2. The van der Waals surface area contributed by atoms with Crippen LogP contribution in [-0.4, -0.2) is 18.1 Å². The lowest BCUT2D eigenvalue weighted by molar-refractivity contribution is 0.0581. The summed E-state index contributed by atoms with van der Waals surface area (Å²) in [5.74, 6) is -1.02. The number of esters is 1. The van der Waals surface area contributed by atoms with Crippen LogP contribution in [-0.2, 0) is 10.6 Å². The van der Waals surface area contributed by atoms with E-state index in [-0.39, 0.29) is 16.5 Å². The fourth-order valence-electron chi connectivity index (χ4n) is 1.10. The number of alkyl halides is 3. The predicted molar refractivity (Wildman–Crippen MR) is 55.1 cm³/mol. The van der Waals surface area contributed by atoms with Crippen LogP contribution < -0.4 is 0 Å². The van der Waals surface area contributed by atoms with Gasteiger partial charge in [0.05, 0.1) is 23.6 Å².